The van der Waals surface area contributed by atoms with Gasteiger partial charge < -0.3 is 5.11 Å². The molecular formula is C13H10Cl2FNO. The predicted molar refractivity (Wildman–Crippen MR) is 69.3 cm³/mol. The molecule has 1 aromatic heterocycles. The summed E-state index contributed by atoms with van der Waals surface area (Å²) in [5, 5.41) is 10.4. The van der Waals surface area contributed by atoms with E-state index in [1.165, 1.54) is 12.3 Å². The van der Waals surface area contributed by atoms with Crippen molar-refractivity contribution < 1.29 is 9.50 Å². The van der Waals surface area contributed by atoms with Gasteiger partial charge in [-0.25, -0.2) is 4.39 Å². The minimum absolute atomic E-state index is 0.0172. The summed E-state index contributed by atoms with van der Waals surface area (Å²) in [5.74, 6) is -0.506. The van der Waals surface area contributed by atoms with Crippen LogP contribution in [0.15, 0.2) is 36.5 Å². The first-order valence-corrected chi connectivity index (χ1v) is 6.06. The second-order valence-corrected chi connectivity index (χ2v) is 4.59. The van der Waals surface area contributed by atoms with Gasteiger partial charge in [-0.1, -0.05) is 35.3 Å². The summed E-state index contributed by atoms with van der Waals surface area (Å²) >= 11 is 11.8. The average molecular weight is 286 g/mol. The highest BCUT2D eigenvalue weighted by Gasteiger charge is 2.16. The molecule has 0 radical (unpaired) electrons. The van der Waals surface area contributed by atoms with Gasteiger partial charge in [0, 0.05) is 12.6 Å². The number of hydrogen-bond donors (Lipinski definition) is 1. The lowest BCUT2D eigenvalue weighted by atomic mass is 10.0. The maximum atomic E-state index is 13.3. The molecule has 5 heteroatoms. The van der Waals surface area contributed by atoms with Crippen molar-refractivity contribution in [1.29, 1.82) is 0 Å². The molecular weight excluding hydrogens is 276 g/mol. The summed E-state index contributed by atoms with van der Waals surface area (Å²) < 4.78 is 13.3. The van der Waals surface area contributed by atoms with E-state index in [9.17, 15) is 9.50 Å². The Morgan fingerprint density at radius 1 is 1.22 bits per heavy atom. The Morgan fingerprint density at radius 3 is 2.72 bits per heavy atom. The van der Waals surface area contributed by atoms with Crippen molar-refractivity contribution in [3.05, 3.63) is 63.6 Å². The number of aliphatic hydroxyl groups excluding tert-OH is 1. The van der Waals surface area contributed by atoms with Crippen molar-refractivity contribution in [2.75, 3.05) is 0 Å². The van der Waals surface area contributed by atoms with E-state index in [1.807, 2.05) is 0 Å². The SMILES string of the molecule is OC(Cc1cccc(F)c1Cl)c1ncccc1Cl. The van der Waals surface area contributed by atoms with E-state index in [2.05, 4.69) is 4.98 Å². The molecule has 2 nitrogen and oxygen atoms in total. The van der Waals surface area contributed by atoms with Crippen LogP contribution < -0.4 is 0 Å². The third-order valence-electron chi connectivity index (χ3n) is 2.55. The maximum Gasteiger partial charge on any atom is 0.142 e. The third kappa shape index (κ3) is 2.80. The number of rotatable bonds is 3. The molecule has 2 rings (SSSR count). The molecule has 0 spiro atoms. The molecule has 1 unspecified atom stereocenters. The zero-order valence-electron chi connectivity index (χ0n) is 9.28. The fraction of sp³-hybridized carbons (Fsp3) is 0.154. The highest BCUT2D eigenvalue weighted by Crippen LogP contribution is 2.27. The molecule has 0 amide bonds. The first kappa shape index (κ1) is 13.3. The van der Waals surface area contributed by atoms with Crippen LogP contribution in [-0.4, -0.2) is 10.1 Å². The van der Waals surface area contributed by atoms with Crippen LogP contribution in [-0.2, 0) is 6.42 Å². The fourth-order valence-corrected chi connectivity index (χ4v) is 2.10. The number of nitrogens with zero attached hydrogens (tertiary/aromatic N) is 1. The summed E-state index contributed by atoms with van der Waals surface area (Å²) in [7, 11) is 0. The Bertz CT molecular complexity index is 562. The first-order valence-electron chi connectivity index (χ1n) is 5.31. The van der Waals surface area contributed by atoms with Crippen molar-refractivity contribution in [2.24, 2.45) is 0 Å². The van der Waals surface area contributed by atoms with Gasteiger partial charge in [-0.3, -0.25) is 4.98 Å². The summed E-state index contributed by atoms with van der Waals surface area (Å²) in [4.78, 5) is 4.01. The first-order chi connectivity index (χ1) is 8.59. The van der Waals surface area contributed by atoms with Crippen LogP contribution in [0.25, 0.3) is 0 Å². The zero-order chi connectivity index (χ0) is 13.1. The van der Waals surface area contributed by atoms with Crippen LogP contribution in [0, 0.1) is 5.82 Å². The number of aromatic nitrogens is 1. The lowest BCUT2D eigenvalue weighted by Crippen LogP contribution is -2.05. The maximum absolute atomic E-state index is 13.3. The van der Waals surface area contributed by atoms with E-state index in [1.54, 1.807) is 24.3 Å². The number of hydrogen-bond acceptors (Lipinski definition) is 2. The molecule has 1 atom stereocenters. The Balaban J connectivity index is 2.24. The van der Waals surface area contributed by atoms with E-state index in [4.69, 9.17) is 23.2 Å². The van der Waals surface area contributed by atoms with E-state index >= 15 is 0 Å². The molecule has 0 saturated heterocycles. The quantitative estimate of drug-likeness (QED) is 0.930. The van der Waals surface area contributed by atoms with E-state index < -0.39 is 11.9 Å². The van der Waals surface area contributed by atoms with Crippen molar-refractivity contribution >= 4 is 23.2 Å². The van der Waals surface area contributed by atoms with Crippen LogP contribution >= 0.6 is 23.2 Å². The minimum Gasteiger partial charge on any atom is -0.386 e. The van der Waals surface area contributed by atoms with Crippen LogP contribution in [0.5, 0.6) is 0 Å². The van der Waals surface area contributed by atoms with Gasteiger partial charge in [0.05, 0.1) is 15.7 Å². The van der Waals surface area contributed by atoms with Crippen molar-refractivity contribution in [1.82, 2.24) is 4.98 Å². The predicted octanol–water partition coefficient (Wildman–Crippen LogP) is 3.80. The fourth-order valence-electron chi connectivity index (χ4n) is 1.65. The zero-order valence-corrected chi connectivity index (χ0v) is 10.8. The van der Waals surface area contributed by atoms with Crippen molar-refractivity contribution in [2.45, 2.75) is 12.5 Å². The van der Waals surface area contributed by atoms with Crippen molar-refractivity contribution in [3.63, 3.8) is 0 Å². The second kappa shape index (κ2) is 5.65. The molecule has 2 aromatic rings. The topological polar surface area (TPSA) is 33.1 Å². The molecule has 1 heterocycles. The number of pyridine rings is 1. The Labute approximate surface area is 114 Å². The largest absolute Gasteiger partial charge is 0.386 e. The summed E-state index contributed by atoms with van der Waals surface area (Å²) in [6.07, 6.45) is 0.781. The summed E-state index contributed by atoms with van der Waals surface area (Å²) in [5.41, 5.74) is 0.880. The standard InChI is InChI=1S/C13H10Cl2FNO/c14-9-4-2-6-17-13(9)11(18)7-8-3-1-5-10(16)12(8)15/h1-6,11,18H,7H2. The molecule has 0 bridgehead atoms. The molecule has 1 N–H and O–H groups in total. The summed E-state index contributed by atoms with van der Waals surface area (Å²) in [6.45, 7) is 0. The van der Waals surface area contributed by atoms with E-state index in [0.717, 1.165) is 0 Å². The van der Waals surface area contributed by atoms with Gasteiger partial charge in [0.1, 0.15) is 11.9 Å². The highest BCUT2D eigenvalue weighted by molar-refractivity contribution is 6.31. The Morgan fingerprint density at radius 2 is 2.00 bits per heavy atom. The lowest BCUT2D eigenvalue weighted by Gasteiger charge is -2.12. The van der Waals surface area contributed by atoms with Crippen LogP contribution in [0.2, 0.25) is 10.0 Å². The van der Waals surface area contributed by atoms with E-state index in [-0.39, 0.29) is 11.4 Å². The van der Waals surface area contributed by atoms with Crippen LogP contribution in [0.4, 0.5) is 4.39 Å². The lowest BCUT2D eigenvalue weighted by molar-refractivity contribution is 0.173. The van der Waals surface area contributed by atoms with Gasteiger partial charge in [-0.15, -0.1) is 0 Å². The van der Waals surface area contributed by atoms with Gasteiger partial charge >= 0.3 is 0 Å². The third-order valence-corrected chi connectivity index (χ3v) is 3.29. The normalized spacial score (nSPS) is 12.4. The number of benzene rings is 1. The Kier molecular flexibility index (Phi) is 4.17. The van der Waals surface area contributed by atoms with Crippen LogP contribution in [0.3, 0.4) is 0 Å². The van der Waals surface area contributed by atoms with Gasteiger partial charge in [-0.05, 0) is 23.8 Å². The van der Waals surface area contributed by atoms with E-state index in [0.29, 0.717) is 16.3 Å². The molecule has 94 valence electrons. The van der Waals surface area contributed by atoms with Crippen molar-refractivity contribution in [3.8, 4) is 0 Å². The Hall–Kier alpha value is -1.16. The monoisotopic (exact) mass is 285 g/mol. The molecule has 1 aromatic carbocycles. The minimum atomic E-state index is -0.919. The van der Waals surface area contributed by atoms with Gasteiger partial charge in [0.25, 0.3) is 0 Å². The molecule has 18 heavy (non-hydrogen) atoms. The average Bonchev–Trinajstić information content (AvgIpc) is 2.35. The molecule has 0 aliphatic carbocycles. The number of aliphatic hydroxyl groups is 1. The smallest absolute Gasteiger partial charge is 0.142 e. The van der Waals surface area contributed by atoms with Gasteiger partial charge in [0.15, 0.2) is 0 Å². The molecule has 0 saturated carbocycles. The van der Waals surface area contributed by atoms with Crippen LogP contribution in [0.1, 0.15) is 17.4 Å². The van der Waals surface area contributed by atoms with Gasteiger partial charge in [-0.2, -0.15) is 0 Å². The molecule has 0 aliphatic heterocycles. The highest BCUT2D eigenvalue weighted by atomic mass is 35.5. The molecule has 0 fully saturated rings. The number of halogens is 3. The van der Waals surface area contributed by atoms with Gasteiger partial charge in [0.2, 0.25) is 0 Å². The summed E-state index contributed by atoms with van der Waals surface area (Å²) in [6, 6.07) is 7.79. The second-order valence-electron chi connectivity index (χ2n) is 3.80. The molecule has 0 aliphatic rings.